The number of benzene rings is 1. The van der Waals surface area contributed by atoms with Gasteiger partial charge < -0.3 is 4.74 Å². The second-order valence-electron chi connectivity index (χ2n) is 4.44. The van der Waals surface area contributed by atoms with Gasteiger partial charge in [-0.2, -0.15) is 5.26 Å². The summed E-state index contributed by atoms with van der Waals surface area (Å²) in [6.07, 6.45) is 1.97. The van der Waals surface area contributed by atoms with Crippen molar-refractivity contribution < 1.29 is 13.9 Å². The number of fused-ring (bicyclic) bond motifs is 1. The maximum atomic E-state index is 13.8. The summed E-state index contributed by atoms with van der Waals surface area (Å²) in [5.74, 6) is -0.787. The fourth-order valence-corrected chi connectivity index (χ4v) is 2.36. The molecule has 0 aromatic heterocycles. The lowest BCUT2D eigenvalue weighted by atomic mass is 9.98. The van der Waals surface area contributed by atoms with E-state index < -0.39 is 0 Å². The lowest BCUT2D eigenvalue weighted by Gasteiger charge is -2.07. The van der Waals surface area contributed by atoms with E-state index in [0.29, 0.717) is 24.8 Å². The van der Waals surface area contributed by atoms with Gasteiger partial charge in [-0.3, -0.25) is 4.79 Å². The van der Waals surface area contributed by atoms with Crippen LogP contribution in [-0.4, -0.2) is 13.1 Å². The summed E-state index contributed by atoms with van der Waals surface area (Å²) in [5, 5.41) is 9.00. The molecule has 4 heteroatoms. The van der Waals surface area contributed by atoms with E-state index in [-0.39, 0.29) is 24.1 Å². The van der Waals surface area contributed by atoms with Gasteiger partial charge in [-0.25, -0.2) is 4.39 Å². The van der Waals surface area contributed by atoms with Gasteiger partial charge >= 0.3 is 5.97 Å². The Bertz CT molecular complexity index is 519. The fraction of sp³-hybridized carbons (Fsp3) is 0.429. The van der Waals surface area contributed by atoms with E-state index in [0.717, 1.165) is 11.1 Å². The van der Waals surface area contributed by atoms with Crippen molar-refractivity contribution >= 4 is 5.97 Å². The summed E-state index contributed by atoms with van der Waals surface area (Å²) < 4.78 is 18.4. The lowest BCUT2D eigenvalue weighted by Crippen LogP contribution is -2.03. The van der Waals surface area contributed by atoms with E-state index in [1.54, 1.807) is 0 Å². The van der Waals surface area contributed by atoms with Crippen LogP contribution in [0, 0.1) is 17.1 Å². The summed E-state index contributed by atoms with van der Waals surface area (Å²) in [5.41, 5.74) is 2.19. The highest BCUT2D eigenvalue weighted by atomic mass is 19.1. The van der Waals surface area contributed by atoms with Crippen LogP contribution in [0.4, 0.5) is 4.39 Å². The van der Waals surface area contributed by atoms with Gasteiger partial charge in [0.05, 0.1) is 19.1 Å². The number of carbonyl (C=O) groups excluding carboxylic acids is 1. The van der Waals surface area contributed by atoms with Gasteiger partial charge in [0.1, 0.15) is 5.82 Å². The number of nitrogens with zero attached hydrogens (tertiary/aromatic N) is 1. The maximum Gasteiger partial charge on any atom is 0.305 e. The van der Waals surface area contributed by atoms with Gasteiger partial charge in [-0.15, -0.1) is 0 Å². The number of hydrogen-bond acceptors (Lipinski definition) is 3. The first kappa shape index (κ1) is 12.6. The Morgan fingerprint density at radius 1 is 1.61 bits per heavy atom. The molecule has 18 heavy (non-hydrogen) atoms. The molecule has 0 radical (unpaired) electrons. The Kier molecular flexibility index (Phi) is 3.61. The molecule has 1 atom stereocenters. The highest BCUT2D eigenvalue weighted by Gasteiger charge is 2.25. The normalized spacial score (nSPS) is 17.1. The zero-order valence-corrected chi connectivity index (χ0v) is 10.2. The molecule has 1 unspecified atom stereocenters. The third-order valence-corrected chi connectivity index (χ3v) is 3.35. The Morgan fingerprint density at radius 2 is 2.39 bits per heavy atom. The number of hydrogen-bond donors (Lipinski definition) is 0. The number of esters is 1. The zero-order valence-electron chi connectivity index (χ0n) is 10.2. The van der Waals surface area contributed by atoms with Crippen LogP contribution in [0.1, 0.15) is 35.4 Å². The number of carbonyl (C=O) groups is 1. The van der Waals surface area contributed by atoms with E-state index in [1.807, 2.05) is 6.07 Å². The first-order valence-corrected chi connectivity index (χ1v) is 5.93. The number of ether oxygens (including phenoxy) is 1. The fourth-order valence-electron chi connectivity index (χ4n) is 2.36. The minimum Gasteiger partial charge on any atom is -0.469 e. The van der Waals surface area contributed by atoms with Gasteiger partial charge in [0.25, 0.3) is 0 Å². The van der Waals surface area contributed by atoms with Crippen molar-refractivity contribution in [2.75, 3.05) is 7.11 Å². The van der Waals surface area contributed by atoms with Crippen LogP contribution in [0.2, 0.25) is 0 Å². The predicted molar refractivity (Wildman–Crippen MR) is 63.4 cm³/mol. The summed E-state index contributed by atoms with van der Waals surface area (Å²) in [7, 11) is 1.33. The summed E-state index contributed by atoms with van der Waals surface area (Å²) in [6, 6.07) is 5.50. The lowest BCUT2D eigenvalue weighted by molar-refractivity contribution is -0.140. The molecule has 0 saturated carbocycles. The van der Waals surface area contributed by atoms with Crippen molar-refractivity contribution in [3.63, 3.8) is 0 Å². The molecular formula is C14H14FNO2. The molecule has 1 aliphatic rings. The third-order valence-electron chi connectivity index (χ3n) is 3.35. The highest BCUT2D eigenvalue weighted by Crippen LogP contribution is 2.35. The SMILES string of the molecule is COC(=O)CCc1cc(F)c2c(c1)C(C#N)CC2. The van der Waals surface area contributed by atoms with Crippen LogP contribution in [0.15, 0.2) is 12.1 Å². The van der Waals surface area contributed by atoms with Crippen LogP contribution in [0.3, 0.4) is 0 Å². The van der Waals surface area contributed by atoms with Crippen LogP contribution < -0.4 is 0 Å². The van der Waals surface area contributed by atoms with Crippen molar-refractivity contribution in [2.24, 2.45) is 0 Å². The first-order chi connectivity index (χ1) is 8.65. The largest absolute Gasteiger partial charge is 0.469 e. The molecule has 0 N–H and O–H groups in total. The molecule has 1 aromatic rings. The van der Waals surface area contributed by atoms with E-state index in [2.05, 4.69) is 10.8 Å². The second-order valence-corrected chi connectivity index (χ2v) is 4.44. The van der Waals surface area contributed by atoms with E-state index in [9.17, 15) is 9.18 Å². The minimum atomic E-state index is -0.312. The van der Waals surface area contributed by atoms with Gasteiger partial charge in [-0.05, 0) is 42.0 Å². The van der Waals surface area contributed by atoms with Crippen LogP contribution in [0.25, 0.3) is 0 Å². The van der Waals surface area contributed by atoms with E-state index in [4.69, 9.17) is 5.26 Å². The van der Waals surface area contributed by atoms with Gasteiger partial charge in [0.15, 0.2) is 0 Å². The number of nitriles is 1. The average Bonchev–Trinajstić information content (AvgIpc) is 2.79. The second kappa shape index (κ2) is 5.18. The molecule has 0 saturated heterocycles. The van der Waals surface area contributed by atoms with Crippen LogP contribution >= 0.6 is 0 Å². The molecule has 0 bridgehead atoms. The Balaban J connectivity index is 2.22. The molecule has 3 nitrogen and oxygen atoms in total. The summed E-state index contributed by atoms with van der Waals surface area (Å²) in [4.78, 5) is 11.1. The Labute approximate surface area is 105 Å². The third kappa shape index (κ3) is 2.35. The van der Waals surface area contributed by atoms with Crippen LogP contribution in [0.5, 0.6) is 0 Å². The number of rotatable bonds is 3. The van der Waals surface area contributed by atoms with Crippen molar-refractivity contribution in [3.05, 3.63) is 34.6 Å². The van der Waals surface area contributed by atoms with Gasteiger partial charge in [0, 0.05) is 6.42 Å². The Hall–Kier alpha value is -1.89. The maximum absolute atomic E-state index is 13.8. The molecule has 2 rings (SSSR count). The molecule has 0 amide bonds. The topological polar surface area (TPSA) is 50.1 Å². The standard InChI is InChI=1S/C14H14FNO2/c1-18-14(17)5-2-9-6-12-10(8-16)3-4-11(12)13(15)7-9/h6-7,10H,2-5H2,1H3. The molecule has 1 aliphatic carbocycles. The molecule has 1 aromatic carbocycles. The van der Waals surface area contributed by atoms with E-state index >= 15 is 0 Å². The Morgan fingerprint density at radius 3 is 3.06 bits per heavy atom. The molecule has 0 spiro atoms. The predicted octanol–water partition coefficient (Wildman–Crippen LogP) is 2.48. The van der Waals surface area contributed by atoms with Gasteiger partial charge in [0.2, 0.25) is 0 Å². The number of halogens is 1. The monoisotopic (exact) mass is 247 g/mol. The number of methoxy groups -OCH3 is 1. The van der Waals surface area contributed by atoms with Crippen molar-refractivity contribution in [1.82, 2.24) is 0 Å². The van der Waals surface area contributed by atoms with Crippen molar-refractivity contribution in [2.45, 2.75) is 31.6 Å². The molecule has 0 fully saturated rings. The average molecular weight is 247 g/mol. The smallest absolute Gasteiger partial charge is 0.305 e. The quantitative estimate of drug-likeness (QED) is 0.771. The van der Waals surface area contributed by atoms with Crippen molar-refractivity contribution in [1.29, 1.82) is 5.26 Å². The molecule has 0 aliphatic heterocycles. The molecular weight excluding hydrogens is 233 g/mol. The summed E-state index contributed by atoms with van der Waals surface area (Å²) in [6.45, 7) is 0. The molecule has 0 heterocycles. The highest BCUT2D eigenvalue weighted by molar-refractivity contribution is 5.69. The van der Waals surface area contributed by atoms with Crippen LogP contribution in [-0.2, 0) is 22.4 Å². The number of aryl methyl sites for hydroxylation is 1. The van der Waals surface area contributed by atoms with Crippen molar-refractivity contribution in [3.8, 4) is 6.07 Å². The minimum absolute atomic E-state index is 0.215. The van der Waals surface area contributed by atoms with E-state index in [1.165, 1.54) is 13.2 Å². The first-order valence-electron chi connectivity index (χ1n) is 5.93. The molecule has 94 valence electrons. The summed E-state index contributed by atoms with van der Waals surface area (Å²) >= 11 is 0. The zero-order chi connectivity index (χ0) is 13.1. The van der Waals surface area contributed by atoms with Gasteiger partial charge in [-0.1, -0.05) is 6.07 Å².